The van der Waals surface area contributed by atoms with Gasteiger partial charge in [0.25, 0.3) is 0 Å². The maximum absolute atomic E-state index is 11.9. The maximum atomic E-state index is 11.9. The van der Waals surface area contributed by atoms with Gasteiger partial charge >= 0.3 is 5.97 Å². The van der Waals surface area contributed by atoms with Crippen molar-refractivity contribution >= 4 is 11.9 Å². The van der Waals surface area contributed by atoms with Crippen molar-refractivity contribution in [2.45, 2.75) is 26.7 Å². The smallest absolute Gasteiger partial charge is 0.304 e. The molecule has 0 saturated heterocycles. The number of nitrogens with zero attached hydrogens (tertiary/aromatic N) is 2. The highest BCUT2D eigenvalue weighted by atomic mass is 16.4. The molecule has 106 valence electrons. The van der Waals surface area contributed by atoms with Crippen LogP contribution in [-0.2, 0) is 9.59 Å². The molecule has 0 aliphatic carbocycles. The van der Waals surface area contributed by atoms with Gasteiger partial charge in [0.2, 0.25) is 5.91 Å². The lowest BCUT2D eigenvalue weighted by Crippen LogP contribution is -2.41. The van der Waals surface area contributed by atoms with Crippen LogP contribution >= 0.6 is 0 Å². The number of hydrogen-bond donors (Lipinski definition) is 2. The van der Waals surface area contributed by atoms with Crippen molar-refractivity contribution in [3.8, 4) is 0 Å². The van der Waals surface area contributed by atoms with E-state index in [2.05, 4.69) is 0 Å². The third-order valence-corrected chi connectivity index (χ3v) is 2.75. The van der Waals surface area contributed by atoms with Gasteiger partial charge in [0.05, 0.1) is 13.0 Å². The lowest BCUT2D eigenvalue weighted by molar-refractivity contribution is -0.138. The van der Waals surface area contributed by atoms with E-state index in [0.29, 0.717) is 32.6 Å². The van der Waals surface area contributed by atoms with E-state index in [1.54, 1.807) is 9.80 Å². The van der Waals surface area contributed by atoms with Crippen LogP contribution in [0.5, 0.6) is 0 Å². The summed E-state index contributed by atoms with van der Waals surface area (Å²) in [4.78, 5) is 25.9. The van der Waals surface area contributed by atoms with Gasteiger partial charge in [-0.2, -0.15) is 0 Å². The van der Waals surface area contributed by atoms with Crippen LogP contribution in [-0.4, -0.2) is 71.2 Å². The van der Waals surface area contributed by atoms with Gasteiger partial charge in [-0.15, -0.1) is 0 Å². The molecule has 2 N–H and O–H groups in total. The molecule has 0 aromatic rings. The van der Waals surface area contributed by atoms with Crippen molar-refractivity contribution in [2.24, 2.45) is 0 Å². The normalized spacial score (nSPS) is 10.7. The average Bonchev–Trinajstić information content (AvgIpc) is 2.34. The molecule has 0 saturated carbocycles. The summed E-state index contributed by atoms with van der Waals surface area (Å²) in [5.74, 6) is -0.873. The van der Waals surface area contributed by atoms with Crippen LogP contribution in [0.15, 0.2) is 0 Å². The first-order chi connectivity index (χ1) is 8.54. The standard InChI is InChI=1S/C12H24N2O4/c1-3-14(4-2)11(16)10-13(7-5-9-15)8-6-12(17)18/h15H,3-10H2,1-2H3,(H,17,18). The van der Waals surface area contributed by atoms with Gasteiger partial charge < -0.3 is 15.1 Å². The average molecular weight is 260 g/mol. The Labute approximate surface area is 108 Å². The van der Waals surface area contributed by atoms with Crippen molar-refractivity contribution in [1.82, 2.24) is 9.80 Å². The number of carbonyl (C=O) groups excluding carboxylic acids is 1. The minimum Gasteiger partial charge on any atom is -0.481 e. The van der Waals surface area contributed by atoms with Crippen LogP contribution in [0.25, 0.3) is 0 Å². The number of aliphatic carboxylic acids is 1. The second-order valence-electron chi connectivity index (χ2n) is 4.06. The van der Waals surface area contributed by atoms with Gasteiger partial charge in [-0.1, -0.05) is 0 Å². The summed E-state index contributed by atoms with van der Waals surface area (Å²) < 4.78 is 0. The molecule has 6 heteroatoms. The first-order valence-corrected chi connectivity index (χ1v) is 6.37. The van der Waals surface area contributed by atoms with E-state index < -0.39 is 5.97 Å². The Morgan fingerprint density at radius 2 is 1.72 bits per heavy atom. The predicted molar refractivity (Wildman–Crippen MR) is 68.3 cm³/mol. The van der Waals surface area contributed by atoms with Gasteiger partial charge in [0.1, 0.15) is 0 Å². The van der Waals surface area contributed by atoms with Gasteiger partial charge in [-0.05, 0) is 20.3 Å². The lowest BCUT2D eigenvalue weighted by atomic mass is 10.3. The number of aliphatic hydroxyl groups excluding tert-OH is 1. The Morgan fingerprint density at radius 1 is 1.11 bits per heavy atom. The molecule has 18 heavy (non-hydrogen) atoms. The lowest BCUT2D eigenvalue weighted by Gasteiger charge is -2.25. The van der Waals surface area contributed by atoms with Crippen LogP contribution in [0.3, 0.4) is 0 Å². The zero-order valence-corrected chi connectivity index (χ0v) is 11.3. The van der Waals surface area contributed by atoms with E-state index in [1.165, 1.54) is 0 Å². The number of likely N-dealkylation sites (N-methyl/N-ethyl adjacent to an activating group) is 1. The Kier molecular flexibility index (Phi) is 9.22. The minimum absolute atomic E-state index is 0.00308. The highest BCUT2D eigenvalue weighted by Crippen LogP contribution is 1.98. The zero-order chi connectivity index (χ0) is 14.0. The first-order valence-electron chi connectivity index (χ1n) is 6.37. The summed E-state index contributed by atoms with van der Waals surface area (Å²) in [6, 6.07) is 0. The summed E-state index contributed by atoms with van der Waals surface area (Å²) in [7, 11) is 0. The van der Waals surface area contributed by atoms with Crippen molar-refractivity contribution in [3.63, 3.8) is 0 Å². The van der Waals surface area contributed by atoms with Crippen molar-refractivity contribution in [3.05, 3.63) is 0 Å². The van der Waals surface area contributed by atoms with Crippen LogP contribution in [0.2, 0.25) is 0 Å². The quantitative estimate of drug-likeness (QED) is 0.578. The fourth-order valence-corrected chi connectivity index (χ4v) is 1.69. The summed E-state index contributed by atoms with van der Waals surface area (Å²) in [6.07, 6.45) is 0.558. The minimum atomic E-state index is -0.876. The molecular weight excluding hydrogens is 236 g/mol. The molecule has 6 nitrogen and oxygen atoms in total. The molecule has 0 heterocycles. The summed E-state index contributed by atoms with van der Waals surface area (Å²) in [6.45, 7) is 6.27. The molecule has 0 bridgehead atoms. The van der Waals surface area contributed by atoms with Crippen molar-refractivity contribution in [1.29, 1.82) is 0 Å². The molecular formula is C12H24N2O4. The van der Waals surface area contributed by atoms with E-state index in [-0.39, 0.29) is 25.5 Å². The number of carboxylic acid groups (broad SMARTS) is 1. The zero-order valence-electron chi connectivity index (χ0n) is 11.3. The van der Waals surface area contributed by atoms with E-state index in [1.807, 2.05) is 13.8 Å². The highest BCUT2D eigenvalue weighted by molar-refractivity contribution is 5.78. The Hall–Kier alpha value is -1.14. The second kappa shape index (κ2) is 9.85. The number of rotatable bonds is 10. The Bertz CT molecular complexity index is 254. The number of carboxylic acids is 1. The van der Waals surface area contributed by atoms with Crippen LogP contribution < -0.4 is 0 Å². The summed E-state index contributed by atoms with van der Waals surface area (Å²) in [5.41, 5.74) is 0. The molecule has 0 aromatic heterocycles. The molecule has 0 aromatic carbocycles. The molecule has 0 fully saturated rings. The van der Waals surface area contributed by atoms with Crippen LogP contribution in [0.1, 0.15) is 26.7 Å². The van der Waals surface area contributed by atoms with Gasteiger partial charge in [0, 0.05) is 32.8 Å². The highest BCUT2D eigenvalue weighted by Gasteiger charge is 2.15. The number of hydrogen-bond acceptors (Lipinski definition) is 4. The van der Waals surface area contributed by atoms with Crippen molar-refractivity contribution in [2.75, 3.05) is 39.3 Å². The third kappa shape index (κ3) is 7.24. The number of amides is 1. The number of carbonyl (C=O) groups is 2. The van der Waals surface area contributed by atoms with Crippen LogP contribution in [0.4, 0.5) is 0 Å². The van der Waals surface area contributed by atoms with E-state index in [9.17, 15) is 9.59 Å². The fourth-order valence-electron chi connectivity index (χ4n) is 1.69. The van der Waals surface area contributed by atoms with E-state index >= 15 is 0 Å². The SMILES string of the molecule is CCN(CC)C(=O)CN(CCCO)CCC(=O)O. The second-order valence-corrected chi connectivity index (χ2v) is 4.06. The van der Waals surface area contributed by atoms with E-state index in [4.69, 9.17) is 10.2 Å². The fraction of sp³-hybridized carbons (Fsp3) is 0.833. The van der Waals surface area contributed by atoms with Crippen molar-refractivity contribution < 1.29 is 19.8 Å². The summed E-state index contributed by atoms with van der Waals surface area (Å²) in [5, 5.41) is 17.4. The van der Waals surface area contributed by atoms with Gasteiger partial charge in [-0.3, -0.25) is 14.5 Å². The van der Waals surface area contributed by atoms with Gasteiger partial charge in [-0.25, -0.2) is 0 Å². The molecule has 1 amide bonds. The summed E-state index contributed by atoms with van der Waals surface area (Å²) >= 11 is 0. The van der Waals surface area contributed by atoms with Crippen LogP contribution in [0, 0.1) is 0 Å². The topological polar surface area (TPSA) is 81.1 Å². The molecule has 0 radical (unpaired) electrons. The third-order valence-electron chi connectivity index (χ3n) is 2.75. The maximum Gasteiger partial charge on any atom is 0.304 e. The number of aliphatic hydroxyl groups is 1. The Balaban J connectivity index is 4.27. The molecule has 0 rings (SSSR count). The first kappa shape index (κ1) is 16.9. The largest absolute Gasteiger partial charge is 0.481 e. The molecule has 0 unspecified atom stereocenters. The monoisotopic (exact) mass is 260 g/mol. The Morgan fingerprint density at radius 3 is 2.17 bits per heavy atom. The molecule has 0 aliphatic heterocycles. The van der Waals surface area contributed by atoms with Gasteiger partial charge in [0.15, 0.2) is 0 Å². The molecule has 0 aliphatic rings. The predicted octanol–water partition coefficient (Wildman–Crippen LogP) is 0.0139. The van der Waals surface area contributed by atoms with E-state index in [0.717, 1.165) is 0 Å². The molecule has 0 spiro atoms. The molecule has 0 atom stereocenters.